The first-order chi connectivity index (χ1) is 11.3. The van der Waals surface area contributed by atoms with Crippen LogP contribution in [0, 0.1) is 16.7 Å². The van der Waals surface area contributed by atoms with Crippen molar-refractivity contribution >= 4 is 27.3 Å². The van der Waals surface area contributed by atoms with Gasteiger partial charge in [0.05, 0.1) is 23.1 Å². The maximum atomic E-state index is 12.5. The summed E-state index contributed by atoms with van der Waals surface area (Å²) in [7, 11) is -3.09. The largest absolute Gasteiger partial charge is 0.351 e. The van der Waals surface area contributed by atoms with Crippen molar-refractivity contribution in [2.75, 3.05) is 16.8 Å². The van der Waals surface area contributed by atoms with Crippen LogP contribution in [-0.2, 0) is 19.4 Å². The Morgan fingerprint density at radius 1 is 1.25 bits per heavy atom. The van der Waals surface area contributed by atoms with Crippen molar-refractivity contribution in [2.45, 2.75) is 25.3 Å². The van der Waals surface area contributed by atoms with Gasteiger partial charge in [-0.25, -0.2) is 8.42 Å². The van der Waals surface area contributed by atoms with Crippen LogP contribution in [0.5, 0.6) is 0 Å². The number of carbonyl (C=O) groups excluding carboxylic acids is 2. The van der Waals surface area contributed by atoms with Gasteiger partial charge in [-0.3, -0.25) is 9.59 Å². The van der Waals surface area contributed by atoms with Crippen molar-refractivity contribution in [1.29, 1.82) is 5.26 Å². The molecule has 1 unspecified atom stereocenters. The van der Waals surface area contributed by atoms with Crippen molar-refractivity contribution in [1.82, 2.24) is 5.32 Å². The van der Waals surface area contributed by atoms with Crippen LogP contribution in [0.4, 0.5) is 5.69 Å². The van der Waals surface area contributed by atoms with E-state index in [4.69, 9.17) is 5.26 Å². The number of anilines is 1. The molecule has 3 rings (SSSR count). The molecule has 1 saturated carbocycles. The number of nitrogens with one attached hydrogen (secondary N) is 2. The van der Waals surface area contributed by atoms with Gasteiger partial charge in [-0.1, -0.05) is 6.07 Å². The summed E-state index contributed by atoms with van der Waals surface area (Å²) < 4.78 is 22.9. The highest BCUT2D eigenvalue weighted by molar-refractivity contribution is 7.91. The van der Waals surface area contributed by atoms with E-state index in [0.717, 1.165) is 0 Å². The molecule has 24 heavy (non-hydrogen) atoms. The lowest BCUT2D eigenvalue weighted by molar-refractivity contribution is -0.134. The fourth-order valence-electron chi connectivity index (χ4n) is 2.83. The molecule has 2 aliphatic rings. The molecule has 1 aromatic rings. The van der Waals surface area contributed by atoms with Crippen molar-refractivity contribution in [3.63, 3.8) is 0 Å². The third-order valence-electron chi connectivity index (χ3n) is 4.44. The minimum atomic E-state index is -3.09. The van der Waals surface area contributed by atoms with E-state index in [1.165, 1.54) is 6.07 Å². The number of benzene rings is 1. The molecule has 1 atom stereocenters. The van der Waals surface area contributed by atoms with Crippen molar-refractivity contribution in [3.05, 3.63) is 29.8 Å². The summed E-state index contributed by atoms with van der Waals surface area (Å²) in [6.45, 7) is 0. The van der Waals surface area contributed by atoms with E-state index in [-0.39, 0.29) is 11.5 Å². The number of amides is 2. The minimum absolute atomic E-state index is 0.0676. The fraction of sp³-hybridized carbons (Fsp3) is 0.438. The maximum Gasteiger partial charge on any atom is 0.240 e. The smallest absolute Gasteiger partial charge is 0.240 e. The average Bonchev–Trinajstić information content (AvgIpc) is 3.28. The van der Waals surface area contributed by atoms with Crippen molar-refractivity contribution < 1.29 is 18.0 Å². The number of rotatable bonds is 4. The molecule has 8 heteroatoms. The van der Waals surface area contributed by atoms with Crippen LogP contribution < -0.4 is 10.6 Å². The van der Waals surface area contributed by atoms with Crippen LogP contribution in [0.15, 0.2) is 24.3 Å². The third kappa shape index (κ3) is 3.26. The molecule has 2 fully saturated rings. The van der Waals surface area contributed by atoms with Crippen molar-refractivity contribution in [2.24, 2.45) is 5.41 Å². The SMILES string of the molecule is N#Cc1cccc(NC(=O)C2(C(=O)NC3CCS(=O)(=O)C3)CC2)c1. The highest BCUT2D eigenvalue weighted by Crippen LogP contribution is 2.47. The van der Waals surface area contributed by atoms with E-state index in [1.807, 2.05) is 6.07 Å². The first kappa shape index (κ1) is 16.5. The van der Waals surface area contributed by atoms with E-state index >= 15 is 0 Å². The van der Waals surface area contributed by atoms with Crippen LogP contribution >= 0.6 is 0 Å². The Labute approximate surface area is 140 Å². The molecule has 0 radical (unpaired) electrons. The van der Waals surface area contributed by atoms with Gasteiger partial charge in [0, 0.05) is 11.7 Å². The molecule has 1 aromatic carbocycles. The highest BCUT2D eigenvalue weighted by atomic mass is 32.2. The van der Waals surface area contributed by atoms with Gasteiger partial charge in [0.2, 0.25) is 11.8 Å². The Bertz CT molecular complexity index is 837. The number of nitrogens with zero attached hydrogens (tertiary/aromatic N) is 1. The first-order valence-corrected chi connectivity index (χ1v) is 9.50. The van der Waals surface area contributed by atoms with E-state index in [2.05, 4.69) is 10.6 Å². The van der Waals surface area contributed by atoms with Crippen LogP contribution in [0.1, 0.15) is 24.8 Å². The molecule has 1 aliphatic heterocycles. The predicted molar refractivity (Wildman–Crippen MR) is 86.7 cm³/mol. The second-order valence-corrected chi connectivity index (χ2v) is 8.53. The zero-order valence-electron chi connectivity index (χ0n) is 12.9. The van der Waals surface area contributed by atoms with E-state index < -0.39 is 33.1 Å². The summed E-state index contributed by atoms with van der Waals surface area (Å²) in [5.41, 5.74) is -0.255. The number of carbonyl (C=O) groups is 2. The standard InChI is InChI=1S/C16H17N3O4S/c17-9-11-2-1-3-12(8-11)18-14(20)16(5-6-16)15(21)19-13-4-7-24(22,23)10-13/h1-3,8,13H,4-7,10H2,(H,18,20)(H,19,21). The van der Waals surface area contributed by atoms with Gasteiger partial charge in [0.1, 0.15) is 5.41 Å². The molecule has 1 saturated heterocycles. The van der Waals surface area contributed by atoms with Gasteiger partial charge < -0.3 is 10.6 Å². The lowest BCUT2D eigenvalue weighted by Gasteiger charge is -2.18. The van der Waals surface area contributed by atoms with E-state index in [1.54, 1.807) is 18.2 Å². The molecule has 7 nitrogen and oxygen atoms in total. The summed E-state index contributed by atoms with van der Waals surface area (Å²) >= 11 is 0. The number of hydrogen-bond donors (Lipinski definition) is 2. The second kappa shape index (κ2) is 5.91. The van der Waals surface area contributed by atoms with Gasteiger partial charge in [-0.05, 0) is 37.5 Å². The quantitative estimate of drug-likeness (QED) is 0.773. The number of nitriles is 1. The molecule has 2 N–H and O–H groups in total. The predicted octanol–water partition coefficient (Wildman–Crippen LogP) is 0.580. The van der Waals surface area contributed by atoms with Gasteiger partial charge in [-0.15, -0.1) is 0 Å². The lowest BCUT2D eigenvalue weighted by atomic mass is 10.0. The molecule has 126 valence electrons. The van der Waals surface area contributed by atoms with Crippen LogP contribution in [0.3, 0.4) is 0 Å². The Morgan fingerprint density at radius 2 is 2.00 bits per heavy atom. The van der Waals surface area contributed by atoms with Crippen LogP contribution in [0.25, 0.3) is 0 Å². The first-order valence-electron chi connectivity index (χ1n) is 7.68. The van der Waals surface area contributed by atoms with Crippen LogP contribution in [0.2, 0.25) is 0 Å². The molecular weight excluding hydrogens is 330 g/mol. The summed E-state index contributed by atoms with van der Waals surface area (Å²) in [4.78, 5) is 24.9. The topological polar surface area (TPSA) is 116 Å². The molecule has 1 aliphatic carbocycles. The Morgan fingerprint density at radius 3 is 2.58 bits per heavy atom. The molecule has 0 bridgehead atoms. The summed E-state index contributed by atoms with van der Waals surface area (Å²) in [6, 6.07) is 8.02. The normalized spacial score (nSPS) is 23.0. The van der Waals surface area contributed by atoms with Gasteiger partial charge in [0.15, 0.2) is 9.84 Å². The minimum Gasteiger partial charge on any atom is -0.351 e. The molecule has 2 amide bonds. The molecule has 1 heterocycles. The third-order valence-corrected chi connectivity index (χ3v) is 6.20. The van der Waals surface area contributed by atoms with Crippen LogP contribution in [-0.4, -0.2) is 37.8 Å². The molecule has 0 spiro atoms. The lowest BCUT2D eigenvalue weighted by Crippen LogP contribution is -2.45. The highest BCUT2D eigenvalue weighted by Gasteiger charge is 2.57. The fourth-order valence-corrected chi connectivity index (χ4v) is 4.51. The Hall–Kier alpha value is -2.40. The van der Waals surface area contributed by atoms with Crippen molar-refractivity contribution in [3.8, 4) is 6.07 Å². The summed E-state index contributed by atoms with van der Waals surface area (Å²) in [5.74, 6) is -0.840. The van der Waals surface area contributed by atoms with Gasteiger partial charge in [-0.2, -0.15) is 5.26 Å². The van der Waals surface area contributed by atoms with E-state index in [0.29, 0.717) is 30.5 Å². The Kier molecular flexibility index (Phi) is 4.05. The second-order valence-electron chi connectivity index (χ2n) is 6.30. The van der Waals surface area contributed by atoms with Gasteiger partial charge >= 0.3 is 0 Å². The Balaban J connectivity index is 1.65. The maximum absolute atomic E-state index is 12.5. The van der Waals surface area contributed by atoms with E-state index in [9.17, 15) is 18.0 Å². The number of sulfone groups is 1. The monoisotopic (exact) mass is 347 g/mol. The summed E-state index contributed by atoms with van der Waals surface area (Å²) in [5, 5.41) is 14.2. The summed E-state index contributed by atoms with van der Waals surface area (Å²) in [6.07, 6.45) is 1.25. The number of hydrogen-bond acceptors (Lipinski definition) is 5. The van der Waals surface area contributed by atoms with Gasteiger partial charge in [0.25, 0.3) is 0 Å². The molecular formula is C16H17N3O4S. The zero-order valence-corrected chi connectivity index (χ0v) is 13.7. The zero-order chi connectivity index (χ0) is 17.4. The average molecular weight is 347 g/mol. The molecule has 0 aromatic heterocycles.